The number of halogens is 2. The van der Waals surface area contributed by atoms with Gasteiger partial charge in [0.05, 0.1) is 12.1 Å². The summed E-state index contributed by atoms with van der Waals surface area (Å²) in [6.07, 6.45) is 0. The van der Waals surface area contributed by atoms with E-state index in [1.54, 1.807) is 7.11 Å². The Morgan fingerprint density at radius 1 is 1.10 bits per heavy atom. The lowest BCUT2D eigenvalue weighted by atomic mass is 10.1. The number of hydrogen-bond donors (Lipinski definition) is 1. The molecule has 0 aliphatic carbocycles. The number of nitrogens with one attached hydrogen (secondary N) is 1. The maximum Gasteiger partial charge on any atom is 0.137 e. The third kappa shape index (κ3) is 3.89. The summed E-state index contributed by atoms with van der Waals surface area (Å²) in [4.78, 5) is 0. The molecular formula is C16H17Cl2NO. The Labute approximate surface area is 129 Å². The van der Waals surface area contributed by atoms with Crippen LogP contribution in [0.5, 0.6) is 5.75 Å². The van der Waals surface area contributed by atoms with Gasteiger partial charge in [-0.15, -0.1) is 0 Å². The van der Waals surface area contributed by atoms with Crippen molar-refractivity contribution < 1.29 is 4.74 Å². The van der Waals surface area contributed by atoms with Gasteiger partial charge >= 0.3 is 0 Å². The zero-order chi connectivity index (χ0) is 14.5. The lowest BCUT2D eigenvalue weighted by Gasteiger charge is -2.15. The molecule has 106 valence electrons. The maximum absolute atomic E-state index is 6.11. The molecule has 2 aromatic carbocycles. The van der Waals surface area contributed by atoms with E-state index in [1.165, 1.54) is 5.56 Å². The fraction of sp³-hybridized carbons (Fsp3) is 0.250. The second-order valence-corrected chi connectivity index (χ2v) is 5.47. The highest BCUT2D eigenvalue weighted by Gasteiger charge is 2.06. The second kappa shape index (κ2) is 6.98. The molecule has 1 atom stereocenters. The Bertz CT molecular complexity index is 569. The van der Waals surface area contributed by atoms with Gasteiger partial charge in [-0.05, 0) is 42.3 Å². The molecule has 0 aliphatic rings. The van der Waals surface area contributed by atoms with Crippen molar-refractivity contribution in [1.29, 1.82) is 0 Å². The van der Waals surface area contributed by atoms with E-state index in [4.69, 9.17) is 27.9 Å². The quantitative estimate of drug-likeness (QED) is 0.852. The van der Waals surface area contributed by atoms with Crippen molar-refractivity contribution >= 4 is 23.2 Å². The van der Waals surface area contributed by atoms with Crippen LogP contribution in [-0.2, 0) is 6.54 Å². The smallest absolute Gasteiger partial charge is 0.137 e. The number of ether oxygens (including phenoxy) is 1. The first-order chi connectivity index (χ1) is 9.60. The fourth-order valence-electron chi connectivity index (χ4n) is 1.96. The summed E-state index contributed by atoms with van der Waals surface area (Å²) in [6.45, 7) is 2.86. The molecule has 0 spiro atoms. The Balaban J connectivity index is 1.97. The van der Waals surface area contributed by atoms with Crippen LogP contribution in [0.25, 0.3) is 0 Å². The van der Waals surface area contributed by atoms with Crippen LogP contribution in [0, 0.1) is 0 Å². The van der Waals surface area contributed by atoms with Crippen molar-refractivity contribution in [2.75, 3.05) is 7.11 Å². The van der Waals surface area contributed by atoms with Gasteiger partial charge in [0.2, 0.25) is 0 Å². The molecule has 0 bridgehead atoms. The molecule has 0 heterocycles. The van der Waals surface area contributed by atoms with Gasteiger partial charge in [0.1, 0.15) is 5.75 Å². The van der Waals surface area contributed by atoms with E-state index in [2.05, 4.69) is 12.2 Å². The Morgan fingerprint density at radius 3 is 2.40 bits per heavy atom. The third-order valence-corrected chi connectivity index (χ3v) is 3.75. The molecule has 0 amide bonds. The van der Waals surface area contributed by atoms with Crippen LogP contribution in [-0.4, -0.2) is 7.11 Å². The Morgan fingerprint density at radius 2 is 1.80 bits per heavy atom. The van der Waals surface area contributed by atoms with Gasteiger partial charge in [-0.2, -0.15) is 0 Å². The highest BCUT2D eigenvalue weighted by Crippen LogP contribution is 2.25. The molecule has 0 unspecified atom stereocenters. The standard InChI is InChI=1S/C16H17Cl2NO/c1-11(13-4-6-14(17)7-5-13)19-10-12-3-8-16(20-2)15(18)9-12/h3-9,11,19H,10H2,1-2H3/t11-/m0/s1. The average molecular weight is 310 g/mol. The molecule has 2 aromatic rings. The molecular weight excluding hydrogens is 293 g/mol. The average Bonchev–Trinajstić information content (AvgIpc) is 2.45. The van der Waals surface area contributed by atoms with Crippen molar-refractivity contribution in [1.82, 2.24) is 5.32 Å². The highest BCUT2D eigenvalue weighted by molar-refractivity contribution is 6.32. The summed E-state index contributed by atoms with van der Waals surface area (Å²) in [5.41, 5.74) is 2.32. The van der Waals surface area contributed by atoms with Gasteiger partial charge in [-0.1, -0.05) is 41.4 Å². The first-order valence-electron chi connectivity index (χ1n) is 6.41. The highest BCUT2D eigenvalue weighted by atomic mass is 35.5. The van der Waals surface area contributed by atoms with Crippen LogP contribution in [0.15, 0.2) is 42.5 Å². The largest absolute Gasteiger partial charge is 0.495 e. The normalized spacial score (nSPS) is 12.2. The maximum atomic E-state index is 6.11. The van der Waals surface area contributed by atoms with E-state index in [0.717, 1.165) is 17.1 Å². The van der Waals surface area contributed by atoms with Crippen LogP contribution in [0.4, 0.5) is 0 Å². The zero-order valence-corrected chi connectivity index (χ0v) is 13.0. The summed E-state index contributed by atoms with van der Waals surface area (Å²) < 4.78 is 5.14. The van der Waals surface area contributed by atoms with E-state index in [9.17, 15) is 0 Å². The predicted molar refractivity (Wildman–Crippen MR) is 84.7 cm³/mol. The Hall–Kier alpha value is -1.22. The van der Waals surface area contributed by atoms with Crippen molar-refractivity contribution in [3.05, 3.63) is 63.6 Å². The van der Waals surface area contributed by atoms with Crippen LogP contribution < -0.4 is 10.1 Å². The van der Waals surface area contributed by atoms with Gasteiger partial charge in [0.15, 0.2) is 0 Å². The summed E-state index contributed by atoms with van der Waals surface area (Å²) in [6, 6.07) is 13.9. The minimum Gasteiger partial charge on any atom is -0.495 e. The minimum atomic E-state index is 0.244. The number of benzene rings is 2. The van der Waals surface area contributed by atoms with E-state index in [-0.39, 0.29) is 6.04 Å². The summed E-state index contributed by atoms with van der Waals surface area (Å²) in [5, 5.41) is 4.84. The lowest BCUT2D eigenvalue weighted by molar-refractivity contribution is 0.414. The van der Waals surface area contributed by atoms with Gasteiger partial charge in [-0.25, -0.2) is 0 Å². The van der Waals surface area contributed by atoms with E-state index >= 15 is 0 Å². The molecule has 0 aromatic heterocycles. The topological polar surface area (TPSA) is 21.3 Å². The number of hydrogen-bond acceptors (Lipinski definition) is 2. The molecule has 0 aliphatic heterocycles. The van der Waals surface area contributed by atoms with Crippen molar-refractivity contribution in [2.24, 2.45) is 0 Å². The van der Waals surface area contributed by atoms with E-state index < -0.39 is 0 Å². The summed E-state index contributed by atoms with van der Waals surface area (Å²) >= 11 is 12.0. The minimum absolute atomic E-state index is 0.244. The first-order valence-corrected chi connectivity index (χ1v) is 7.17. The number of methoxy groups -OCH3 is 1. The van der Waals surface area contributed by atoms with Crippen molar-refractivity contribution in [3.8, 4) is 5.75 Å². The molecule has 1 N–H and O–H groups in total. The molecule has 2 nitrogen and oxygen atoms in total. The molecule has 4 heteroatoms. The fourth-order valence-corrected chi connectivity index (χ4v) is 2.37. The third-order valence-electron chi connectivity index (χ3n) is 3.20. The SMILES string of the molecule is COc1ccc(CN[C@@H](C)c2ccc(Cl)cc2)cc1Cl. The Kier molecular flexibility index (Phi) is 5.30. The molecule has 20 heavy (non-hydrogen) atoms. The monoisotopic (exact) mass is 309 g/mol. The molecule has 0 radical (unpaired) electrons. The molecule has 0 saturated heterocycles. The van der Waals surface area contributed by atoms with Crippen molar-refractivity contribution in [2.45, 2.75) is 19.5 Å². The van der Waals surface area contributed by atoms with Crippen LogP contribution in [0.3, 0.4) is 0 Å². The second-order valence-electron chi connectivity index (χ2n) is 4.62. The molecule has 0 fully saturated rings. The zero-order valence-electron chi connectivity index (χ0n) is 11.5. The molecule has 0 saturated carbocycles. The van der Waals surface area contributed by atoms with Gasteiger partial charge < -0.3 is 10.1 Å². The number of rotatable bonds is 5. The van der Waals surface area contributed by atoms with Crippen LogP contribution in [0.1, 0.15) is 24.1 Å². The van der Waals surface area contributed by atoms with Crippen LogP contribution >= 0.6 is 23.2 Å². The molecule has 2 rings (SSSR count). The van der Waals surface area contributed by atoms with Gasteiger partial charge in [-0.3, -0.25) is 0 Å². The first kappa shape index (κ1) is 15.2. The van der Waals surface area contributed by atoms with E-state index in [0.29, 0.717) is 10.8 Å². The van der Waals surface area contributed by atoms with Crippen LogP contribution in [0.2, 0.25) is 10.0 Å². The van der Waals surface area contributed by atoms with E-state index in [1.807, 2.05) is 42.5 Å². The van der Waals surface area contributed by atoms with Gasteiger partial charge in [0.25, 0.3) is 0 Å². The predicted octanol–water partition coefficient (Wildman–Crippen LogP) is 4.85. The summed E-state index contributed by atoms with van der Waals surface area (Å²) in [7, 11) is 1.61. The van der Waals surface area contributed by atoms with Crippen molar-refractivity contribution in [3.63, 3.8) is 0 Å². The lowest BCUT2D eigenvalue weighted by Crippen LogP contribution is -2.18. The summed E-state index contributed by atoms with van der Waals surface area (Å²) in [5.74, 6) is 0.696. The van der Waals surface area contributed by atoms with Gasteiger partial charge in [0, 0.05) is 17.6 Å².